The number of amides is 3. The molecule has 5 N–H and O–H groups in total. The summed E-state index contributed by atoms with van der Waals surface area (Å²) in [5.41, 5.74) is 12.6. The van der Waals surface area contributed by atoms with E-state index in [9.17, 15) is 14.4 Å². The molecule has 1 aliphatic carbocycles. The Morgan fingerprint density at radius 3 is 2.28 bits per heavy atom. The number of hydrogen-bond acceptors (Lipinski definition) is 8. The number of carbonyl (C=O) groups is 3. The van der Waals surface area contributed by atoms with Crippen LogP contribution in [0.2, 0.25) is 0 Å². The van der Waals surface area contributed by atoms with Crippen molar-refractivity contribution in [3.63, 3.8) is 0 Å². The van der Waals surface area contributed by atoms with Gasteiger partial charge in [-0.25, -0.2) is 0 Å². The first-order chi connectivity index (χ1) is 18.8. The molecule has 11 heteroatoms. The third-order valence-corrected chi connectivity index (χ3v) is 7.55. The zero-order valence-corrected chi connectivity index (χ0v) is 22.8. The van der Waals surface area contributed by atoms with Crippen molar-refractivity contribution in [3.8, 4) is 11.5 Å². The molecule has 1 aliphatic rings. The molecule has 39 heavy (non-hydrogen) atoms. The highest BCUT2D eigenvalue weighted by molar-refractivity contribution is 7.09. The fourth-order valence-electron chi connectivity index (χ4n) is 4.70. The van der Waals surface area contributed by atoms with Crippen molar-refractivity contribution < 1.29 is 23.9 Å². The molecule has 1 heterocycles. The first-order valence-corrected chi connectivity index (χ1v) is 13.6. The average Bonchev–Trinajstić information content (AvgIpc) is 3.59. The summed E-state index contributed by atoms with van der Waals surface area (Å²) in [5.74, 6) is -0.343. The maximum atomic E-state index is 14.1. The molecule has 3 aromatic rings. The lowest BCUT2D eigenvalue weighted by molar-refractivity contribution is -0.126. The van der Waals surface area contributed by atoms with E-state index in [2.05, 4.69) is 9.69 Å². The van der Waals surface area contributed by atoms with Gasteiger partial charge in [-0.3, -0.25) is 14.4 Å². The maximum absolute atomic E-state index is 14.1. The highest BCUT2D eigenvalue weighted by atomic mass is 32.1. The summed E-state index contributed by atoms with van der Waals surface area (Å²) in [4.78, 5) is 41.3. The molecular formula is C28H33N5O5S. The highest BCUT2D eigenvalue weighted by Gasteiger charge is 2.36. The van der Waals surface area contributed by atoms with E-state index >= 15 is 0 Å². The number of hydrogen-bond donors (Lipinski definition) is 3. The van der Waals surface area contributed by atoms with Crippen molar-refractivity contribution >= 4 is 34.9 Å². The van der Waals surface area contributed by atoms with E-state index in [4.69, 9.17) is 20.9 Å². The molecule has 0 radical (unpaired) electrons. The molecule has 206 valence electrons. The largest absolute Gasteiger partial charge is 0.497 e. The summed E-state index contributed by atoms with van der Waals surface area (Å²) in [6, 6.07) is 13.4. The van der Waals surface area contributed by atoms with Gasteiger partial charge in [-0.15, -0.1) is 0 Å². The number of nitrogens with two attached hydrogens (primary N) is 2. The molecule has 1 saturated carbocycles. The van der Waals surface area contributed by atoms with Crippen LogP contribution in [0.3, 0.4) is 0 Å². The summed E-state index contributed by atoms with van der Waals surface area (Å²) in [6.07, 6.45) is 3.86. The van der Waals surface area contributed by atoms with Gasteiger partial charge in [0.1, 0.15) is 22.4 Å². The Kier molecular flexibility index (Phi) is 9.03. The summed E-state index contributed by atoms with van der Waals surface area (Å²) >= 11 is 0.785. The van der Waals surface area contributed by atoms with Crippen molar-refractivity contribution in [1.29, 1.82) is 0 Å². The summed E-state index contributed by atoms with van der Waals surface area (Å²) < 4.78 is 14.9. The Labute approximate surface area is 231 Å². The lowest BCUT2D eigenvalue weighted by Gasteiger charge is -2.32. The molecule has 0 unspecified atom stereocenters. The summed E-state index contributed by atoms with van der Waals surface area (Å²) in [5, 5.41) is 3.14. The maximum Gasteiger partial charge on any atom is 0.270 e. The Morgan fingerprint density at radius 1 is 1.08 bits per heavy atom. The smallest absolute Gasteiger partial charge is 0.270 e. The van der Waals surface area contributed by atoms with Crippen molar-refractivity contribution in [2.75, 3.05) is 19.5 Å². The van der Waals surface area contributed by atoms with Gasteiger partial charge in [-0.05, 0) is 66.7 Å². The van der Waals surface area contributed by atoms with Crippen molar-refractivity contribution in [2.24, 2.45) is 5.73 Å². The Balaban J connectivity index is 1.78. The molecule has 1 atom stereocenters. The third kappa shape index (κ3) is 6.48. The van der Waals surface area contributed by atoms with Crippen LogP contribution in [-0.4, -0.2) is 46.8 Å². The molecule has 0 spiro atoms. The topological polar surface area (TPSA) is 150 Å². The van der Waals surface area contributed by atoms with Gasteiger partial charge in [0.05, 0.1) is 19.4 Å². The van der Waals surface area contributed by atoms with E-state index in [1.54, 1.807) is 43.5 Å². The minimum atomic E-state index is -0.991. The molecule has 1 aromatic heterocycles. The first-order valence-electron chi connectivity index (χ1n) is 12.8. The van der Waals surface area contributed by atoms with E-state index in [-0.39, 0.29) is 34.8 Å². The van der Waals surface area contributed by atoms with Crippen LogP contribution in [0, 0.1) is 0 Å². The second-order valence-corrected chi connectivity index (χ2v) is 10.1. The first kappa shape index (κ1) is 27.9. The zero-order valence-electron chi connectivity index (χ0n) is 22.0. The molecule has 1 fully saturated rings. The van der Waals surface area contributed by atoms with E-state index in [1.165, 1.54) is 4.90 Å². The fourth-order valence-corrected chi connectivity index (χ4v) is 5.46. The van der Waals surface area contributed by atoms with E-state index in [0.717, 1.165) is 42.8 Å². The average molecular weight is 552 g/mol. The normalized spacial score (nSPS) is 14.0. The van der Waals surface area contributed by atoms with Crippen LogP contribution in [0.1, 0.15) is 69.9 Å². The molecule has 0 saturated heterocycles. The van der Waals surface area contributed by atoms with Gasteiger partial charge in [-0.1, -0.05) is 37.1 Å². The molecule has 3 amide bonds. The fraction of sp³-hybridized carbons (Fsp3) is 0.357. The third-order valence-electron chi connectivity index (χ3n) is 6.70. The number of nitrogen functional groups attached to an aromatic ring is 1. The van der Waals surface area contributed by atoms with Crippen LogP contribution in [0.15, 0.2) is 48.5 Å². The quantitative estimate of drug-likeness (QED) is 0.329. The molecule has 4 rings (SSSR count). The lowest BCUT2D eigenvalue weighted by Crippen LogP contribution is -2.45. The summed E-state index contributed by atoms with van der Waals surface area (Å²) in [7, 11) is 1.57. The van der Waals surface area contributed by atoms with Gasteiger partial charge in [0, 0.05) is 12.6 Å². The van der Waals surface area contributed by atoms with E-state index < -0.39 is 17.9 Å². The van der Waals surface area contributed by atoms with Gasteiger partial charge in [0.25, 0.3) is 11.8 Å². The number of primary amides is 1. The predicted octanol–water partition coefficient (Wildman–Crippen LogP) is 3.67. The number of ether oxygens (including phenoxy) is 2. The number of carbonyl (C=O) groups excluding carboxylic acids is 3. The van der Waals surface area contributed by atoms with Crippen LogP contribution in [0.5, 0.6) is 11.5 Å². The van der Waals surface area contributed by atoms with Crippen LogP contribution in [0.25, 0.3) is 0 Å². The molecule has 0 bridgehead atoms. The van der Waals surface area contributed by atoms with E-state index in [0.29, 0.717) is 23.7 Å². The Bertz CT molecular complexity index is 1300. The Morgan fingerprint density at radius 2 is 1.72 bits per heavy atom. The van der Waals surface area contributed by atoms with Gasteiger partial charge >= 0.3 is 0 Å². The van der Waals surface area contributed by atoms with Gasteiger partial charge < -0.3 is 31.2 Å². The van der Waals surface area contributed by atoms with Crippen molar-refractivity contribution in [1.82, 2.24) is 14.6 Å². The van der Waals surface area contributed by atoms with Crippen molar-refractivity contribution in [3.05, 3.63) is 70.2 Å². The minimum absolute atomic E-state index is 0.0376. The van der Waals surface area contributed by atoms with Gasteiger partial charge in [0.2, 0.25) is 5.91 Å². The molecular weight excluding hydrogens is 518 g/mol. The van der Waals surface area contributed by atoms with Gasteiger partial charge in [0.15, 0.2) is 5.69 Å². The Hall–Kier alpha value is -4.12. The number of methoxy groups -OCH3 is 1. The SMILES string of the molecule is CCOc1ccc([C@H](C(=O)NC2CCCC2)N(Cc2ccc(OC)cc2)C(=O)c2snc(C(N)=O)c2N)cc1. The van der Waals surface area contributed by atoms with Gasteiger partial charge in [-0.2, -0.15) is 4.37 Å². The van der Waals surface area contributed by atoms with Crippen molar-refractivity contribution in [2.45, 2.75) is 51.2 Å². The monoisotopic (exact) mass is 551 g/mol. The van der Waals surface area contributed by atoms with Crippen LogP contribution >= 0.6 is 11.5 Å². The number of aromatic nitrogens is 1. The molecule has 2 aromatic carbocycles. The second-order valence-electron chi connectivity index (χ2n) is 9.31. The number of nitrogens with zero attached hydrogens (tertiary/aromatic N) is 2. The van der Waals surface area contributed by atoms with Crippen LogP contribution in [-0.2, 0) is 11.3 Å². The highest BCUT2D eigenvalue weighted by Crippen LogP contribution is 2.32. The molecule has 0 aliphatic heterocycles. The van der Waals surface area contributed by atoms with E-state index in [1.807, 2.05) is 19.1 Å². The second kappa shape index (κ2) is 12.6. The summed E-state index contributed by atoms with van der Waals surface area (Å²) in [6.45, 7) is 2.47. The number of nitrogens with one attached hydrogen (secondary N) is 1. The predicted molar refractivity (Wildman–Crippen MR) is 149 cm³/mol. The number of anilines is 1. The van der Waals surface area contributed by atoms with Crippen LogP contribution < -0.4 is 26.3 Å². The minimum Gasteiger partial charge on any atom is -0.497 e. The number of benzene rings is 2. The zero-order chi connectivity index (χ0) is 27.9. The van der Waals surface area contributed by atoms with Crippen LogP contribution in [0.4, 0.5) is 5.69 Å². The molecule has 10 nitrogen and oxygen atoms in total. The lowest BCUT2D eigenvalue weighted by atomic mass is 10.0. The number of rotatable bonds is 11. The standard InChI is InChI=1S/C28H33N5O5S/c1-3-38-21-14-10-18(11-15-21)24(27(35)31-19-6-4-5-7-19)33(16-17-8-12-20(37-2)13-9-17)28(36)25-22(29)23(26(30)34)32-39-25/h8-15,19,24H,3-7,16,29H2,1-2H3,(H2,30,34)(H,31,35)/t24-/m1/s1.